The highest BCUT2D eigenvalue weighted by Gasteiger charge is 2.14. The van der Waals surface area contributed by atoms with Crippen LogP contribution in [0.4, 0.5) is 0 Å². The predicted molar refractivity (Wildman–Crippen MR) is 70.3 cm³/mol. The van der Waals surface area contributed by atoms with E-state index in [0.717, 1.165) is 18.7 Å². The van der Waals surface area contributed by atoms with Crippen LogP contribution in [0.25, 0.3) is 0 Å². The summed E-state index contributed by atoms with van der Waals surface area (Å²) in [5, 5.41) is 0. The average molecular weight is 234 g/mol. The average Bonchev–Trinajstić information content (AvgIpc) is 2.84. The van der Waals surface area contributed by atoms with Crippen molar-refractivity contribution in [1.29, 1.82) is 0 Å². The van der Waals surface area contributed by atoms with E-state index in [1.54, 1.807) is 7.11 Å². The van der Waals surface area contributed by atoms with Gasteiger partial charge in [0.2, 0.25) is 0 Å². The molecule has 0 radical (unpaired) electrons. The lowest BCUT2D eigenvalue weighted by Gasteiger charge is -2.17. The fraction of sp³-hybridized carbons (Fsp3) is 0.571. The molecule has 0 spiro atoms. The highest BCUT2D eigenvalue weighted by Crippen LogP contribution is 2.23. The van der Waals surface area contributed by atoms with Crippen LogP contribution >= 0.6 is 0 Å². The molecule has 0 unspecified atom stereocenters. The molecule has 17 heavy (non-hydrogen) atoms. The zero-order valence-electron chi connectivity index (χ0n) is 10.6. The highest BCUT2D eigenvalue weighted by atomic mass is 16.5. The van der Waals surface area contributed by atoms with Crippen LogP contribution in [0.1, 0.15) is 24.0 Å². The Hall–Kier alpha value is -1.06. The predicted octanol–water partition coefficient (Wildman–Crippen LogP) is 1.79. The summed E-state index contributed by atoms with van der Waals surface area (Å²) < 4.78 is 5.48. The lowest BCUT2D eigenvalue weighted by molar-refractivity contribution is 0.321. The number of likely N-dealkylation sites (tertiary alicyclic amines) is 1. The van der Waals surface area contributed by atoms with Crippen LogP contribution in [-0.4, -0.2) is 31.6 Å². The first-order valence-corrected chi connectivity index (χ1v) is 6.41. The minimum Gasteiger partial charge on any atom is -0.496 e. The number of hydrogen-bond acceptors (Lipinski definition) is 3. The third-order valence-electron chi connectivity index (χ3n) is 3.38. The second kappa shape index (κ2) is 6.03. The highest BCUT2D eigenvalue weighted by molar-refractivity contribution is 5.37. The van der Waals surface area contributed by atoms with E-state index in [4.69, 9.17) is 10.5 Å². The summed E-state index contributed by atoms with van der Waals surface area (Å²) in [6.07, 6.45) is 3.57. The lowest BCUT2D eigenvalue weighted by atomic mass is 10.1. The fourth-order valence-corrected chi connectivity index (χ4v) is 2.42. The van der Waals surface area contributed by atoms with Gasteiger partial charge in [0.15, 0.2) is 0 Å². The summed E-state index contributed by atoms with van der Waals surface area (Å²) >= 11 is 0. The van der Waals surface area contributed by atoms with Crippen LogP contribution < -0.4 is 10.5 Å². The molecule has 1 fully saturated rings. The SMILES string of the molecule is COc1cc(CCN)ccc1CN1CCCC1. The normalized spacial score (nSPS) is 16.4. The van der Waals surface area contributed by atoms with Gasteiger partial charge >= 0.3 is 0 Å². The van der Waals surface area contributed by atoms with Crippen molar-refractivity contribution < 1.29 is 4.74 Å². The lowest BCUT2D eigenvalue weighted by Crippen LogP contribution is -2.18. The quantitative estimate of drug-likeness (QED) is 0.844. The molecule has 0 atom stereocenters. The number of hydrogen-bond donors (Lipinski definition) is 1. The molecule has 1 aliphatic heterocycles. The first-order chi connectivity index (χ1) is 8.33. The maximum absolute atomic E-state index is 5.57. The topological polar surface area (TPSA) is 38.5 Å². The summed E-state index contributed by atoms with van der Waals surface area (Å²) in [6.45, 7) is 4.13. The number of nitrogens with zero attached hydrogens (tertiary/aromatic N) is 1. The smallest absolute Gasteiger partial charge is 0.123 e. The summed E-state index contributed by atoms with van der Waals surface area (Å²) in [5.41, 5.74) is 8.12. The van der Waals surface area contributed by atoms with Crippen LogP contribution in [0, 0.1) is 0 Å². The minimum atomic E-state index is 0.689. The molecule has 1 aliphatic rings. The summed E-state index contributed by atoms with van der Waals surface area (Å²) in [6, 6.07) is 6.47. The van der Waals surface area contributed by atoms with Crippen molar-refractivity contribution in [3.8, 4) is 5.75 Å². The summed E-state index contributed by atoms with van der Waals surface area (Å²) in [4.78, 5) is 2.49. The molecule has 2 N–H and O–H groups in total. The van der Waals surface area contributed by atoms with Gasteiger partial charge in [-0.15, -0.1) is 0 Å². The molecule has 1 aromatic rings. The van der Waals surface area contributed by atoms with Gasteiger partial charge in [0, 0.05) is 12.1 Å². The molecule has 3 heteroatoms. The minimum absolute atomic E-state index is 0.689. The number of benzene rings is 1. The van der Waals surface area contributed by atoms with Crippen LogP contribution in [-0.2, 0) is 13.0 Å². The van der Waals surface area contributed by atoms with E-state index in [9.17, 15) is 0 Å². The van der Waals surface area contributed by atoms with Crippen molar-refractivity contribution in [3.63, 3.8) is 0 Å². The Bertz CT molecular complexity index is 359. The number of nitrogens with two attached hydrogens (primary N) is 1. The zero-order chi connectivity index (χ0) is 12.1. The Morgan fingerprint density at radius 3 is 2.71 bits per heavy atom. The van der Waals surface area contributed by atoms with Crippen LogP contribution in [0.3, 0.4) is 0 Å². The second-order valence-electron chi connectivity index (χ2n) is 4.67. The van der Waals surface area contributed by atoms with Crippen molar-refractivity contribution in [3.05, 3.63) is 29.3 Å². The Balaban J connectivity index is 2.09. The Labute approximate surface area is 104 Å². The number of rotatable bonds is 5. The van der Waals surface area contributed by atoms with E-state index in [-0.39, 0.29) is 0 Å². The van der Waals surface area contributed by atoms with Crippen LogP contribution in [0.5, 0.6) is 5.75 Å². The Morgan fingerprint density at radius 2 is 2.06 bits per heavy atom. The third-order valence-corrected chi connectivity index (χ3v) is 3.38. The molecule has 0 amide bonds. The van der Waals surface area contributed by atoms with E-state index in [1.807, 2.05) is 0 Å². The maximum atomic E-state index is 5.57. The van der Waals surface area contributed by atoms with Crippen LogP contribution in [0.15, 0.2) is 18.2 Å². The molecule has 3 nitrogen and oxygen atoms in total. The zero-order valence-corrected chi connectivity index (χ0v) is 10.6. The molecule has 0 aromatic heterocycles. The van der Waals surface area contributed by atoms with Gasteiger partial charge in [0.1, 0.15) is 5.75 Å². The Kier molecular flexibility index (Phi) is 4.40. The molecule has 94 valence electrons. The first-order valence-electron chi connectivity index (χ1n) is 6.41. The van der Waals surface area contributed by atoms with Gasteiger partial charge in [-0.05, 0) is 50.5 Å². The second-order valence-corrected chi connectivity index (χ2v) is 4.67. The largest absolute Gasteiger partial charge is 0.496 e. The van der Waals surface area contributed by atoms with Crippen molar-refractivity contribution in [2.45, 2.75) is 25.8 Å². The Morgan fingerprint density at radius 1 is 1.29 bits per heavy atom. The molecule has 1 heterocycles. The van der Waals surface area contributed by atoms with Crippen molar-refractivity contribution in [2.75, 3.05) is 26.7 Å². The van der Waals surface area contributed by atoms with Gasteiger partial charge in [-0.1, -0.05) is 12.1 Å². The molecule has 2 rings (SSSR count). The van der Waals surface area contributed by atoms with Gasteiger partial charge in [-0.3, -0.25) is 4.90 Å². The van der Waals surface area contributed by atoms with Gasteiger partial charge < -0.3 is 10.5 Å². The van der Waals surface area contributed by atoms with Gasteiger partial charge in [-0.25, -0.2) is 0 Å². The van der Waals surface area contributed by atoms with Crippen molar-refractivity contribution in [2.24, 2.45) is 5.73 Å². The van der Waals surface area contributed by atoms with E-state index in [2.05, 4.69) is 23.1 Å². The molecule has 1 saturated heterocycles. The molecule has 0 aliphatic carbocycles. The number of ether oxygens (including phenoxy) is 1. The van der Waals surface area contributed by atoms with Crippen molar-refractivity contribution in [1.82, 2.24) is 4.90 Å². The molecular weight excluding hydrogens is 212 g/mol. The van der Waals surface area contributed by atoms with Gasteiger partial charge in [-0.2, -0.15) is 0 Å². The monoisotopic (exact) mass is 234 g/mol. The van der Waals surface area contributed by atoms with E-state index < -0.39 is 0 Å². The first kappa shape index (κ1) is 12.4. The fourth-order valence-electron chi connectivity index (χ4n) is 2.42. The third kappa shape index (κ3) is 3.20. The van der Waals surface area contributed by atoms with Crippen molar-refractivity contribution >= 4 is 0 Å². The van der Waals surface area contributed by atoms with E-state index in [1.165, 1.54) is 37.1 Å². The van der Waals surface area contributed by atoms with E-state index in [0.29, 0.717) is 6.54 Å². The molecular formula is C14H22N2O. The molecule has 0 bridgehead atoms. The molecule has 0 saturated carbocycles. The standard InChI is InChI=1S/C14H22N2O/c1-17-14-10-12(6-7-15)4-5-13(14)11-16-8-2-3-9-16/h4-5,10H,2-3,6-9,11,15H2,1H3. The summed E-state index contributed by atoms with van der Waals surface area (Å²) in [5.74, 6) is 1.00. The molecule has 1 aromatic carbocycles. The van der Waals surface area contributed by atoms with E-state index >= 15 is 0 Å². The summed E-state index contributed by atoms with van der Waals surface area (Å²) in [7, 11) is 1.75. The van der Waals surface area contributed by atoms with Gasteiger partial charge in [0.05, 0.1) is 7.11 Å². The van der Waals surface area contributed by atoms with Gasteiger partial charge in [0.25, 0.3) is 0 Å². The maximum Gasteiger partial charge on any atom is 0.123 e. The van der Waals surface area contributed by atoms with Crippen LogP contribution in [0.2, 0.25) is 0 Å². The number of methoxy groups -OCH3 is 1.